The first-order chi connectivity index (χ1) is 11.5. The Bertz CT molecular complexity index is 700. The fourth-order valence-electron chi connectivity index (χ4n) is 2.24. The number of carbonyl (C=O) groups excluding carboxylic acids is 2. The number of rotatable bonds is 7. The predicted molar refractivity (Wildman–Crippen MR) is 94.9 cm³/mol. The zero-order valence-corrected chi connectivity index (χ0v) is 15.2. The highest BCUT2D eigenvalue weighted by molar-refractivity contribution is 9.10. The van der Waals surface area contributed by atoms with Crippen LogP contribution in [0.3, 0.4) is 0 Å². The van der Waals surface area contributed by atoms with Gasteiger partial charge in [0.15, 0.2) is 11.5 Å². The van der Waals surface area contributed by atoms with Gasteiger partial charge in [0.2, 0.25) is 0 Å². The van der Waals surface area contributed by atoms with Crippen molar-refractivity contribution < 1.29 is 19.1 Å². The molecule has 0 spiro atoms. The van der Waals surface area contributed by atoms with Gasteiger partial charge in [-0.05, 0) is 53.5 Å². The van der Waals surface area contributed by atoms with Crippen molar-refractivity contribution in [2.24, 2.45) is 0 Å². The minimum atomic E-state index is -0.413. The summed E-state index contributed by atoms with van der Waals surface area (Å²) < 4.78 is 11.9. The topological polar surface area (TPSA) is 67.9 Å². The molecule has 1 aliphatic heterocycles. The van der Waals surface area contributed by atoms with Crippen molar-refractivity contribution in [3.05, 3.63) is 40.5 Å². The third-order valence-corrected chi connectivity index (χ3v) is 3.86. The van der Waals surface area contributed by atoms with E-state index in [-0.39, 0.29) is 11.6 Å². The van der Waals surface area contributed by atoms with Gasteiger partial charge in [-0.1, -0.05) is 12.7 Å². The number of hydrogen-bond acceptors (Lipinski definition) is 4. The van der Waals surface area contributed by atoms with Crippen LogP contribution in [-0.4, -0.2) is 36.6 Å². The van der Waals surface area contributed by atoms with E-state index in [2.05, 4.69) is 27.8 Å². The van der Waals surface area contributed by atoms with E-state index < -0.39 is 6.03 Å². The van der Waals surface area contributed by atoms with Gasteiger partial charge in [-0.25, -0.2) is 4.79 Å². The molecule has 7 heteroatoms. The fourth-order valence-corrected chi connectivity index (χ4v) is 2.82. The van der Waals surface area contributed by atoms with Crippen LogP contribution in [0, 0.1) is 0 Å². The van der Waals surface area contributed by atoms with Crippen molar-refractivity contribution in [2.75, 3.05) is 19.8 Å². The zero-order valence-electron chi connectivity index (χ0n) is 13.6. The number of amides is 3. The second-order valence-electron chi connectivity index (χ2n) is 4.90. The Morgan fingerprint density at radius 2 is 2.04 bits per heavy atom. The van der Waals surface area contributed by atoms with Crippen molar-refractivity contribution >= 4 is 33.9 Å². The van der Waals surface area contributed by atoms with E-state index in [0.717, 1.165) is 4.90 Å². The van der Waals surface area contributed by atoms with Gasteiger partial charge in [-0.2, -0.15) is 0 Å². The van der Waals surface area contributed by atoms with E-state index in [1.54, 1.807) is 31.2 Å². The maximum absolute atomic E-state index is 12.2. The zero-order chi connectivity index (χ0) is 17.7. The highest BCUT2D eigenvalue weighted by atomic mass is 79.9. The molecule has 1 heterocycles. The number of benzene rings is 1. The Labute approximate surface area is 149 Å². The third-order valence-electron chi connectivity index (χ3n) is 3.27. The Morgan fingerprint density at radius 1 is 1.29 bits per heavy atom. The summed E-state index contributed by atoms with van der Waals surface area (Å²) in [6.45, 7) is 8.38. The summed E-state index contributed by atoms with van der Waals surface area (Å²) >= 11 is 3.45. The van der Waals surface area contributed by atoms with Crippen LogP contribution >= 0.6 is 15.9 Å². The molecule has 1 saturated heterocycles. The van der Waals surface area contributed by atoms with Crippen molar-refractivity contribution in [3.63, 3.8) is 0 Å². The molecule has 24 heavy (non-hydrogen) atoms. The molecule has 128 valence electrons. The number of imide groups is 1. The number of likely N-dealkylation sites (N-methyl/N-ethyl adjacent to an activating group) is 1. The summed E-state index contributed by atoms with van der Waals surface area (Å²) in [5, 5.41) is 2.57. The highest BCUT2D eigenvalue weighted by Crippen LogP contribution is 2.37. The SMILES string of the molecule is C=CCOc1c(Br)cc(/C=C2/NC(=O)N(CC)C2=O)cc1OCC. The molecule has 0 bridgehead atoms. The first kappa shape index (κ1) is 18.1. The average molecular weight is 395 g/mol. The van der Waals surface area contributed by atoms with E-state index in [1.165, 1.54) is 0 Å². The average Bonchev–Trinajstić information content (AvgIpc) is 2.80. The smallest absolute Gasteiger partial charge is 0.328 e. The summed E-state index contributed by atoms with van der Waals surface area (Å²) in [6.07, 6.45) is 3.25. The molecule has 0 aliphatic carbocycles. The lowest BCUT2D eigenvalue weighted by Crippen LogP contribution is -2.30. The molecule has 0 atom stereocenters. The molecule has 0 unspecified atom stereocenters. The van der Waals surface area contributed by atoms with Gasteiger partial charge in [-0.3, -0.25) is 9.69 Å². The van der Waals surface area contributed by atoms with Crippen LogP contribution in [0.15, 0.2) is 35.0 Å². The number of nitrogens with zero attached hydrogens (tertiary/aromatic N) is 1. The van der Waals surface area contributed by atoms with Gasteiger partial charge in [0.25, 0.3) is 5.91 Å². The number of carbonyl (C=O) groups is 2. The third kappa shape index (κ3) is 3.79. The van der Waals surface area contributed by atoms with Gasteiger partial charge >= 0.3 is 6.03 Å². The van der Waals surface area contributed by atoms with Crippen molar-refractivity contribution in [3.8, 4) is 11.5 Å². The molecule has 2 rings (SSSR count). The molecular formula is C17H19BrN2O4. The molecule has 1 fully saturated rings. The maximum Gasteiger partial charge on any atom is 0.328 e. The number of ether oxygens (including phenoxy) is 2. The number of halogens is 1. The van der Waals surface area contributed by atoms with Crippen LogP contribution in [0.25, 0.3) is 6.08 Å². The van der Waals surface area contributed by atoms with Crippen molar-refractivity contribution in [1.29, 1.82) is 0 Å². The van der Waals surface area contributed by atoms with Crippen molar-refractivity contribution in [1.82, 2.24) is 10.2 Å². The molecule has 0 aromatic heterocycles. The second kappa shape index (κ2) is 8.01. The van der Waals surface area contributed by atoms with E-state index in [0.29, 0.717) is 41.3 Å². The van der Waals surface area contributed by atoms with Gasteiger partial charge in [-0.15, -0.1) is 0 Å². The lowest BCUT2D eigenvalue weighted by Gasteiger charge is -2.13. The standard InChI is InChI=1S/C17H19BrN2O4/c1-4-7-24-15-12(18)8-11(10-14(15)23-6-3)9-13-16(21)20(5-2)17(22)19-13/h4,8-10H,1,5-7H2,2-3H3,(H,19,22)/b13-9+. The summed E-state index contributed by atoms with van der Waals surface area (Å²) in [4.78, 5) is 25.0. The second-order valence-corrected chi connectivity index (χ2v) is 5.75. The minimum Gasteiger partial charge on any atom is -0.490 e. The number of nitrogens with one attached hydrogen (secondary N) is 1. The van der Waals surface area contributed by atoms with Crippen molar-refractivity contribution in [2.45, 2.75) is 13.8 Å². The number of urea groups is 1. The van der Waals surface area contributed by atoms with Crippen LogP contribution in [0.5, 0.6) is 11.5 Å². The summed E-state index contributed by atoms with van der Waals surface area (Å²) in [5.74, 6) is 0.768. The lowest BCUT2D eigenvalue weighted by molar-refractivity contribution is -0.122. The molecule has 3 amide bonds. The van der Waals surface area contributed by atoms with E-state index in [9.17, 15) is 9.59 Å². The first-order valence-electron chi connectivity index (χ1n) is 7.56. The Hall–Kier alpha value is -2.28. The summed E-state index contributed by atoms with van der Waals surface area (Å²) in [5.41, 5.74) is 0.939. The Balaban J connectivity index is 2.38. The molecule has 1 N–H and O–H groups in total. The fraction of sp³-hybridized carbons (Fsp3) is 0.294. The van der Waals surface area contributed by atoms with Crippen LogP contribution in [0.2, 0.25) is 0 Å². The van der Waals surface area contributed by atoms with Crippen LogP contribution in [0.4, 0.5) is 4.79 Å². The highest BCUT2D eigenvalue weighted by Gasteiger charge is 2.32. The summed E-state index contributed by atoms with van der Waals surface area (Å²) in [7, 11) is 0. The van der Waals surface area contributed by atoms with Crippen LogP contribution in [0.1, 0.15) is 19.4 Å². The Kier molecular flexibility index (Phi) is 6.03. The summed E-state index contributed by atoms with van der Waals surface area (Å²) in [6, 6.07) is 3.14. The van der Waals surface area contributed by atoms with Crippen LogP contribution in [-0.2, 0) is 4.79 Å². The maximum atomic E-state index is 12.2. The predicted octanol–water partition coefficient (Wildman–Crippen LogP) is 3.33. The molecule has 1 aliphatic rings. The quantitative estimate of drug-likeness (QED) is 0.437. The molecule has 0 radical (unpaired) electrons. The van der Waals surface area contributed by atoms with Gasteiger partial charge in [0.1, 0.15) is 12.3 Å². The minimum absolute atomic E-state index is 0.232. The molecule has 6 nitrogen and oxygen atoms in total. The first-order valence-corrected chi connectivity index (χ1v) is 8.35. The molecular weight excluding hydrogens is 376 g/mol. The normalized spacial score (nSPS) is 15.6. The van der Waals surface area contributed by atoms with E-state index >= 15 is 0 Å². The number of hydrogen-bond donors (Lipinski definition) is 1. The van der Waals surface area contributed by atoms with Gasteiger partial charge < -0.3 is 14.8 Å². The van der Waals surface area contributed by atoms with Gasteiger partial charge in [0, 0.05) is 6.54 Å². The largest absolute Gasteiger partial charge is 0.490 e. The van der Waals surface area contributed by atoms with Gasteiger partial charge in [0.05, 0.1) is 11.1 Å². The molecule has 0 saturated carbocycles. The van der Waals surface area contributed by atoms with Crippen LogP contribution < -0.4 is 14.8 Å². The molecule has 1 aromatic rings. The lowest BCUT2D eigenvalue weighted by atomic mass is 10.1. The van der Waals surface area contributed by atoms with E-state index in [4.69, 9.17) is 9.47 Å². The monoisotopic (exact) mass is 394 g/mol. The Morgan fingerprint density at radius 3 is 2.62 bits per heavy atom. The molecule has 1 aromatic carbocycles. The van der Waals surface area contributed by atoms with E-state index in [1.807, 2.05) is 6.92 Å².